The molecular weight excluding hydrogens is 452 g/mol. The number of para-hydroxylation sites is 1. The highest BCUT2D eigenvalue weighted by molar-refractivity contribution is 6.30. The van der Waals surface area contributed by atoms with Gasteiger partial charge in [-0.3, -0.25) is 9.48 Å². The van der Waals surface area contributed by atoms with E-state index in [1.165, 1.54) is 6.92 Å². The Morgan fingerprint density at radius 3 is 2.47 bits per heavy atom. The summed E-state index contributed by atoms with van der Waals surface area (Å²) < 4.78 is 7.12. The Labute approximate surface area is 202 Å². The number of benzene rings is 3. The maximum absolute atomic E-state index is 13.1. The lowest BCUT2D eigenvalue weighted by Gasteiger charge is -2.08. The molecule has 0 saturated heterocycles. The molecule has 0 bridgehead atoms. The Morgan fingerprint density at radius 2 is 1.76 bits per heavy atom. The van der Waals surface area contributed by atoms with Gasteiger partial charge in [-0.1, -0.05) is 66.2 Å². The van der Waals surface area contributed by atoms with Gasteiger partial charge in [0.05, 0.1) is 18.7 Å². The normalized spacial score (nSPS) is 12.3. The molecule has 0 amide bonds. The molecule has 0 aliphatic carbocycles. The summed E-state index contributed by atoms with van der Waals surface area (Å²) in [6, 6.07) is 22.2. The van der Waals surface area contributed by atoms with Gasteiger partial charge >= 0.3 is 5.97 Å². The zero-order chi connectivity index (χ0) is 24.1. The fourth-order valence-electron chi connectivity index (χ4n) is 3.48. The number of ether oxygens (including phenoxy) is 1. The second kappa shape index (κ2) is 10.5. The molecule has 1 atom stereocenters. The third-order valence-corrected chi connectivity index (χ3v) is 5.65. The number of allylic oxidation sites excluding steroid dienone is 1. The van der Waals surface area contributed by atoms with E-state index in [1.54, 1.807) is 24.3 Å². The van der Waals surface area contributed by atoms with E-state index in [2.05, 4.69) is 5.10 Å². The standard InChI is InChI=1S/C27H23ClN2O4/c1-18(27(32)33)34-17-20-10-8-19(9-11-20)5-4-16-30-24-7-3-2-6-23(24)25(29-30)26(31)21-12-14-22(28)15-13-21/h2-15,18H,16-17H2,1H3,(H,32,33)/t18-/m1/s1. The van der Waals surface area contributed by atoms with E-state index < -0.39 is 12.1 Å². The maximum atomic E-state index is 13.1. The van der Waals surface area contributed by atoms with Gasteiger partial charge in [0.1, 0.15) is 5.69 Å². The number of carbonyl (C=O) groups excluding carboxylic acids is 1. The molecule has 0 aliphatic heterocycles. The van der Waals surface area contributed by atoms with Crippen LogP contribution < -0.4 is 0 Å². The van der Waals surface area contributed by atoms with Crippen LogP contribution in [0.15, 0.2) is 78.9 Å². The number of hydrogen-bond donors (Lipinski definition) is 1. The van der Waals surface area contributed by atoms with Crippen LogP contribution in [0.3, 0.4) is 0 Å². The zero-order valence-corrected chi connectivity index (χ0v) is 19.3. The highest BCUT2D eigenvalue weighted by atomic mass is 35.5. The third kappa shape index (κ3) is 5.42. The summed E-state index contributed by atoms with van der Waals surface area (Å²) in [4.78, 5) is 23.9. The van der Waals surface area contributed by atoms with Crippen LogP contribution >= 0.6 is 11.6 Å². The number of aromatic nitrogens is 2. The molecule has 0 saturated carbocycles. The van der Waals surface area contributed by atoms with Crippen LogP contribution in [0, 0.1) is 0 Å². The first kappa shape index (κ1) is 23.4. The summed E-state index contributed by atoms with van der Waals surface area (Å²) in [5.41, 5.74) is 3.71. The highest BCUT2D eigenvalue weighted by Crippen LogP contribution is 2.22. The minimum atomic E-state index is -0.983. The zero-order valence-electron chi connectivity index (χ0n) is 18.5. The van der Waals surface area contributed by atoms with E-state index in [0.29, 0.717) is 22.8 Å². The average molecular weight is 475 g/mol. The Hall–Kier alpha value is -3.74. The Bertz CT molecular complexity index is 1340. The molecular formula is C27H23ClN2O4. The molecule has 4 rings (SSSR count). The highest BCUT2D eigenvalue weighted by Gasteiger charge is 2.18. The van der Waals surface area contributed by atoms with E-state index in [-0.39, 0.29) is 12.4 Å². The van der Waals surface area contributed by atoms with Crippen molar-refractivity contribution in [1.29, 1.82) is 0 Å². The first-order chi connectivity index (χ1) is 16.4. The minimum absolute atomic E-state index is 0.148. The summed E-state index contributed by atoms with van der Waals surface area (Å²) in [6.07, 6.45) is 3.11. The van der Waals surface area contributed by atoms with Crippen LogP contribution in [0.2, 0.25) is 5.02 Å². The molecule has 0 fully saturated rings. The molecule has 7 heteroatoms. The number of nitrogens with zero attached hydrogens (tertiary/aromatic N) is 2. The molecule has 3 aromatic carbocycles. The van der Waals surface area contributed by atoms with Gasteiger partial charge in [0, 0.05) is 16.0 Å². The molecule has 1 heterocycles. The smallest absolute Gasteiger partial charge is 0.332 e. The van der Waals surface area contributed by atoms with Crippen LogP contribution in [0.1, 0.15) is 34.1 Å². The molecule has 4 aromatic rings. The summed E-state index contributed by atoms with van der Waals surface area (Å²) in [6.45, 7) is 2.24. The average Bonchev–Trinajstić information content (AvgIpc) is 3.22. The van der Waals surface area contributed by atoms with Crippen LogP contribution in [-0.2, 0) is 22.7 Å². The quantitative estimate of drug-likeness (QED) is 0.318. The molecule has 0 unspecified atom stereocenters. The Balaban J connectivity index is 1.48. The second-order valence-electron chi connectivity index (χ2n) is 7.82. The van der Waals surface area contributed by atoms with E-state index in [1.807, 2.05) is 65.4 Å². The topological polar surface area (TPSA) is 81.4 Å². The summed E-state index contributed by atoms with van der Waals surface area (Å²) in [5, 5.41) is 14.9. The fourth-order valence-corrected chi connectivity index (χ4v) is 3.60. The van der Waals surface area contributed by atoms with Crippen molar-refractivity contribution in [3.63, 3.8) is 0 Å². The monoisotopic (exact) mass is 474 g/mol. The maximum Gasteiger partial charge on any atom is 0.332 e. The van der Waals surface area contributed by atoms with Crippen LogP contribution in [0.5, 0.6) is 0 Å². The predicted octanol–water partition coefficient (Wildman–Crippen LogP) is 5.62. The number of hydrogen-bond acceptors (Lipinski definition) is 4. The lowest BCUT2D eigenvalue weighted by molar-refractivity contribution is -0.149. The molecule has 0 spiro atoms. The van der Waals surface area contributed by atoms with E-state index in [9.17, 15) is 9.59 Å². The van der Waals surface area contributed by atoms with E-state index >= 15 is 0 Å². The molecule has 172 valence electrons. The summed E-state index contributed by atoms with van der Waals surface area (Å²) >= 11 is 5.95. The van der Waals surface area contributed by atoms with E-state index in [4.69, 9.17) is 21.4 Å². The minimum Gasteiger partial charge on any atom is -0.479 e. The summed E-state index contributed by atoms with van der Waals surface area (Å²) in [7, 11) is 0. The number of carboxylic acid groups (broad SMARTS) is 1. The SMILES string of the molecule is C[C@@H](OCc1ccc(C=CCn2nc(C(=O)c3ccc(Cl)cc3)c3ccccc32)cc1)C(=O)O. The van der Waals surface area contributed by atoms with Crippen molar-refractivity contribution < 1.29 is 19.4 Å². The number of carbonyl (C=O) groups is 2. The van der Waals surface area contributed by atoms with Crippen LogP contribution in [0.4, 0.5) is 0 Å². The van der Waals surface area contributed by atoms with Gasteiger partial charge in [-0.25, -0.2) is 4.79 Å². The Kier molecular flexibility index (Phi) is 7.21. The molecule has 34 heavy (non-hydrogen) atoms. The second-order valence-corrected chi connectivity index (χ2v) is 8.26. The fraction of sp³-hybridized carbons (Fsp3) is 0.148. The summed E-state index contributed by atoms with van der Waals surface area (Å²) in [5.74, 6) is -1.13. The number of fused-ring (bicyclic) bond motifs is 1. The third-order valence-electron chi connectivity index (χ3n) is 5.40. The largest absolute Gasteiger partial charge is 0.479 e. The number of halogens is 1. The van der Waals surface area contributed by atoms with Crippen molar-refractivity contribution in [2.24, 2.45) is 0 Å². The Morgan fingerprint density at radius 1 is 1.06 bits per heavy atom. The molecule has 0 aliphatic rings. The predicted molar refractivity (Wildman–Crippen MR) is 132 cm³/mol. The van der Waals surface area contributed by atoms with Crippen molar-refractivity contribution in [3.8, 4) is 0 Å². The van der Waals surface area contributed by atoms with Crippen LogP contribution in [0.25, 0.3) is 17.0 Å². The van der Waals surface area contributed by atoms with Crippen molar-refractivity contribution in [1.82, 2.24) is 9.78 Å². The number of carboxylic acids is 1. The van der Waals surface area contributed by atoms with Gasteiger partial charge in [0.25, 0.3) is 0 Å². The lowest BCUT2D eigenvalue weighted by Crippen LogP contribution is -2.19. The van der Waals surface area contributed by atoms with Crippen molar-refractivity contribution in [3.05, 3.63) is 106 Å². The van der Waals surface area contributed by atoms with Crippen molar-refractivity contribution >= 4 is 40.3 Å². The molecule has 1 N–H and O–H groups in total. The van der Waals surface area contributed by atoms with Gasteiger partial charge in [0.2, 0.25) is 5.78 Å². The van der Waals surface area contributed by atoms with Gasteiger partial charge in [0.15, 0.2) is 6.10 Å². The molecule has 0 radical (unpaired) electrons. The van der Waals surface area contributed by atoms with Gasteiger partial charge in [-0.05, 0) is 48.4 Å². The molecule has 6 nitrogen and oxygen atoms in total. The number of aliphatic carboxylic acids is 1. The van der Waals surface area contributed by atoms with Crippen molar-refractivity contribution in [2.75, 3.05) is 0 Å². The van der Waals surface area contributed by atoms with Gasteiger partial charge < -0.3 is 9.84 Å². The van der Waals surface area contributed by atoms with Gasteiger partial charge in [-0.2, -0.15) is 5.10 Å². The number of rotatable bonds is 9. The van der Waals surface area contributed by atoms with Crippen molar-refractivity contribution in [2.45, 2.75) is 26.2 Å². The first-order valence-electron chi connectivity index (χ1n) is 10.8. The lowest BCUT2D eigenvalue weighted by atomic mass is 10.1. The van der Waals surface area contributed by atoms with Crippen LogP contribution in [-0.4, -0.2) is 32.7 Å². The number of ketones is 1. The molecule has 1 aromatic heterocycles. The first-order valence-corrected chi connectivity index (χ1v) is 11.2. The van der Waals surface area contributed by atoms with Gasteiger partial charge in [-0.15, -0.1) is 0 Å². The van der Waals surface area contributed by atoms with E-state index in [0.717, 1.165) is 22.0 Å².